The van der Waals surface area contributed by atoms with E-state index >= 15 is 0 Å². The van der Waals surface area contributed by atoms with Gasteiger partial charge in [-0.3, -0.25) is 6.07 Å². The zero-order valence-electron chi connectivity index (χ0n) is 5.03. The molecule has 0 unspecified atom stereocenters. The summed E-state index contributed by atoms with van der Waals surface area (Å²) in [7, 11) is 0. The fourth-order valence-corrected chi connectivity index (χ4v) is 0.526. The monoisotopic (exact) mass is 225 g/mol. The van der Waals surface area contributed by atoms with Gasteiger partial charge in [0.1, 0.15) is 0 Å². The fraction of sp³-hybridized carbons (Fsp3) is 0. The van der Waals surface area contributed by atoms with Gasteiger partial charge in [-0.15, -0.1) is 0 Å². The van der Waals surface area contributed by atoms with Crippen LogP contribution in [0.5, 0.6) is 0 Å². The molecule has 1 aromatic carbocycles. The zero-order valence-corrected chi connectivity index (χ0v) is 6.59. The van der Waals surface area contributed by atoms with E-state index in [1.165, 1.54) is 0 Å². The summed E-state index contributed by atoms with van der Waals surface area (Å²) in [4.78, 5) is 9.72. The maximum Gasteiger partial charge on any atom is 2.00 e. The summed E-state index contributed by atoms with van der Waals surface area (Å²) < 4.78 is 0. The van der Waals surface area contributed by atoms with Gasteiger partial charge in [-0.05, 0) is 0 Å². The molecule has 54 valence electrons. The van der Waals surface area contributed by atoms with E-state index in [0.29, 0.717) is 5.69 Å². The predicted octanol–water partition coefficient (Wildman–Crippen LogP) is 0.963. The largest absolute Gasteiger partial charge is 2.00 e. The van der Waals surface area contributed by atoms with E-state index in [4.69, 9.17) is 0 Å². The van der Waals surface area contributed by atoms with Gasteiger partial charge in [0.25, 0.3) is 0 Å². The first-order valence-electron chi connectivity index (χ1n) is 2.53. The summed E-state index contributed by atoms with van der Waals surface area (Å²) >= 11 is 0. The van der Waals surface area contributed by atoms with E-state index < -0.39 is 0 Å². The molecular weight excluding hydrogens is 221 g/mol. The van der Waals surface area contributed by atoms with Crippen molar-refractivity contribution in [3.8, 4) is 0 Å². The molecule has 0 bridgehead atoms. The molecule has 3 heteroatoms. The topological polar surface area (TPSA) is 29.1 Å². The Labute approximate surface area is 73.3 Å². The molecule has 0 spiro atoms. The third kappa shape index (κ3) is 2.77. The average molecular weight is 226 g/mol. The maximum absolute atomic E-state index is 9.72. The number of para-hydroxylation sites is 1. The van der Waals surface area contributed by atoms with Crippen LogP contribution in [0.1, 0.15) is 0 Å². The Morgan fingerprint density at radius 2 is 2.30 bits per heavy atom. The van der Waals surface area contributed by atoms with Crippen molar-refractivity contribution < 1.29 is 25.2 Å². The van der Waals surface area contributed by atoms with Gasteiger partial charge in [-0.1, -0.05) is 0 Å². The Morgan fingerprint density at radius 1 is 1.50 bits per heavy atom. The summed E-state index contributed by atoms with van der Waals surface area (Å²) in [6.45, 7) is 0. The summed E-state index contributed by atoms with van der Waals surface area (Å²) in [6, 6.07) is 9.90. The Balaban J connectivity index is 0.000000810. The molecule has 1 aromatic rings. The molecule has 0 atom stereocenters. The number of amides is 1. The van der Waals surface area contributed by atoms with E-state index in [1.54, 1.807) is 18.5 Å². The minimum atomic E-state index is 0. The summed E-state index contributed by atoms with van der Waals surface area (Å²) in [5.41, 5.74) is 0.646. The van der Waals surface area contributed by atoms with Crippen LogP contribution in [0.3, 0.4) is 0 Å². The van der Waals surface area contributed by atoms with Crippen molar-refractivity contribution >= 4 is 12.1 Å². The van der Waals surface area contributed by atoms with Gasteiger partial charge in [-0.25, -0.2) is 11.8 Å². The van der Waals surface area contributed by atoms with Crippen molar-refractivity contribution in [2.24, 2.45) is 0 Å². The second-order valence-corrected chi connectivity index (χ2v) is 1.50. The summed E-state index contributed by atoms with van der Waals surface area (Å²) in [6.07, 6.45) is 1.55. The molecule has 2 nitrogen and oxygen atoms in total. The molecule has 10 heavy (non-hydrogen) atoms. The number of hydrogen-bond acceptors (Lipinski definition) is 1. The molecule has 0 aliphatic rings. The van der Waals surface area contributed by atoms with Crippen LogP contribution in [0.2, 0.25) is 0 Å². The van der Waals surface area contributed by atoms with Crippen molar-refractivity contribution in [2.45, 2.75) is 0 Å². The first-order valence-corrected chi connectivity index (χ1v) is 2.53. The van der Waals surface area contributed by atoms with Crippen molar-refractivity contribution in [3.05, 3.63) is 30.3 Å². The number of anilines is 1. The number of nitrogens with one attached hydrogen (secondary N) is 1. The van der Waals surface area contributed by atoms with Crippen molar-refractivity contribution in [2.75, 3.05) is 5.32 Å². The van der Waals surface area contributed by atoms with Crippen LogP contribution in [-0.2, 0) is 25.2 Å². The summed E-state index contributed by atoms with van der Waals surface area (Å²) in [5, 5.41) is 2.35. The van der Waals surface area contributed by atoms with Crippen LogP contribution < -0.4 is 5.32 Å². The van der Waals surface area contributed by atoms with Crippen LogP contribution in [0.15, 0.2) is 24.3 Å². The van der Waals surface area contributed by atoms with Crippen LogP contribution in [0.4, 0.5) is 5.69 Å². The molecule has 1 rings (SSSR count). The van der Waals surface area contributed by atoms with Gasteiger partial charge in [0, 0.05) is 0 Å². The van der Waals surface area contributed by atoms with Gasteiger partial charge in [0.15, 0.2) is 0 Å². The number of carbonyl (C=O) groups excluding carboxylic acids is 1. The quantitative estimate of drug-likeness (QED) is 0.453. The molecule has 0 aliphatic heterocycles. The maximum atomic E-state index is 9.72. The van der Waals surface area contributed by atoms with E-state index in [1.807, 2.05) is 12.1 Å². The first-order chi connectivity index (χ1) is 4.43. The molecule has 0 heterocycles. The van der Waals surface area contributed by atoms with Gasteiger partial charge in [0.05, 0.1) is 6.41 Å². The zero-order chi connectivity index (χ0) is 6.53. The van der Waals surface area contributed by atoms with Crippen LogP contribution in [-0.4, -0.2) is 6.41 Å². The molecule has 0 saturated heterocycles. The minimum absolute atomic E-state index is 0. The van der Waals surface area contributed by atoms with Gasteiger partial charge < -0.3 is 10.1 Å². The van der Waals surface area contributed by atoms with Crippen LogP contribution in [0.25, 0.3) is 0 Å². The third-order valence-corrected chi connectivity index (χ3v) is 0.895. The van der Waals surface area contributed by atoms with Crippen molar-refractivity contribution in [3.63, 3.8) is 0 Å². The Bertz CT molecular complexity index is 188. The fourth-order valence-electron chi connectivity index (χ4n) is 0.526. The standard InChI is InChI=1S/C7H5NO.Pd/c9-6-8-7-4-2-1-3-5-7;/h1-4H,(H,8,9);/q-2;+2. The smallest absolute Gasteiger partial charge is 0.511 e. The molecule has 0 saturated carbocycles. The number of hydrogen-bond donors (Lipinski definition) is 1. The van der Waals surface area contributed by atoms with E-state index in [0.717, 1.165) is 0 Å². The number of rotatable bonds is 2. The van der Waals surface area contributed by atoms with Crippen LogP contribution in [0, 0.1) is 6.07 Å². The summed E-state index contributed by atoms with van der Waals surface area (Å²) in [5.74, 6) is 0. The van der Waals surface area contributed by atoms with Crippen molar-refractivity contribution in [1.29, 1.82) is 0 Å². The van der Waals surface area contributed by atoms with E-state index in [2.05, 4.69) is 11.4 Å². The van der Waals surface area contributed by atoms with E-state index in [-0.39, 0.29) is 20.4 Å². The van der Waals surface area contributed by atoms with Gasteiger partial charge in [0.2, 0.25) is 0 Å². The Kier molecular flexibility index (Phi) is 4.83. The van der Waals surface area contributed by atoms with Crippen molar-refractivity contribution in [1.82, 2.24) is 0 Å². The van der Waals surface area contributed by atoms with E-state index in [9.17, 15) is 4.79 Å². The SMILES string of the molecule is O=[C-]Nc1[c-]cccc1.[Pd+2]. The number of benzene rings is 1. The average Bonchev–Trinajstić information content (AvgIpc) is 1.91. The normalized spacial score (nSPS) is 7.60. The molecule has 0 fully saturated rings. The predicted molar refractivity (Wildman–Crippen MR) is 34.6 cm³/mol. The molecule has 1 N–H and O–H groups in total. The molecule has 0 aliphatic carbocycles. The molecule has 0 aromatic heterocycles. The second-order valence-electron chi connectivity index (χ2n) is 1.50. The Morgan fingerprint density at radius 3 is 2.80 bits per heavy atom. The van der Waals surface area contributed by atoms with Gasteiger partial charge >= 0.3 is 20.4 Å². The van der Waals surface area contributed by atoms with Crippen LogP contribution >= 0.6 is 0 Å². The second kappa shape index (κ2) is 5.16. The molecule has 0 radical (unpaired) electrons. The molecule has 1 amide bonds. The third-order valence-electron chi connectivity index (χ3n) is 0.895. The molecular formula is C7H5NOPd. The first kappa shape index (κ1) is 9.35. The van der Waals surface area contributed by atoms with Gasteiger partial charge in [-0.2, -0.15) is 18.2 Å². The Hall–Kier alpha value is -0.648. The minimum Gasteiger partial charge on any atom is -0.511 e.